The molecule has 0 aliphatic rings. The van der Waals surface area contributed by atoms with Crippen LogP contribution in [0.25, 0.3) is 21.8 Å². The van der Waals surface area contributed by atoms with Crippen LogP contribution in [-0.4, -0.2) is 40.6 Å². The van der Waals surface area contributed by atoms with Crippen LogP contribution in [0.15, 0.2) is 54.6 Å². The zero-order valence-electron chi connectivity index (χ0n) is 18.7. The van der Waals surface area contributed by atoms with Gasteiger partial charge in [0, 0.05) is 42.5 Å². The van der Waals surface area contributed by atoms with E-state index in [4.69, 9.17) is 4.98 Å². The van der Waals surface area contributed by atoms with Crippen molar-refractivity contribution in [3.05, 3.63) is 77.4 Å². The Morgan fingerprint density at radius 3 is 2.48 bits per heavy atom. The summed E-state index contributed by atoms with van der Waals surface area (Å²) >= 11 is 0. The summed E-state index contributed by atoms with van der Waals surface area (Å²) in [7, 11) is 0. The molecule has 4 aromatic rings. The van der Waals surface area contributed by atoms with Crippen molar-refractivity contribution in [1.29, 1.82) is 0 Å². The number of halogens is 1. The number of rotatable bonds is 9. The van der Waals surface area contributed by atoms with Crippen LogP contribution in [0.1, 0.15) is 30.8 Å². The summed E-state index contributed by atoms with van der Waals surface area (Å²) in [6, 6.07) is 17.5. The van der Waals surface area contributed by atoms with Gasteiger partial charge < -0.3 is 14.8 Å². The van der Waals surface area contributed by atoms with Gasteiger partial charge in [-0.3, -0.25) is 4.98 Å². The summed E-state index contributed by atoms with van der Waals surface area (Å²) in [4.78, 5) is 7.33. The SMILES string of the molecule is CCN(CC)CCNCc1cc2c3ccccc3n(Cc3ccc(F)cc3)c2c(C)n1. The second-order valence-corrected chi connectivity index (χ2v) is 8.03. The van der Waals surface area contributed by atoms with Gasteiger partial charge in [-0.2, -0.15) is 0 Å². The van der Waals surface area contributed by atoms with E-state index in [0.29, 0.717) is 6.54 Å². The lowest BCUT2D eigenvalue weighted by Gasteiger charge is -2.18. The molecular formula is C26H31FN4. The Bertz CT molecular complexity index is 1160. The summed E-state index contributed by atoms with van der Waals surface area (Å²) < 4.78 is 15.7. The number of hydrogen-bond acceptors (Lipinski definition) is 3. The number of para-hydroxylation sites is 1. The van der Waals surface area contributed by atoms with Gasteiger partial charge in [0.1, 0.15) is 5.82 Å². The molecule has 2 heterocycles. The first-order valence-corrected chi connectivity index (χ1v) is 11.2. The van der Waals surface area contributed by atoms with Crippen molar-refractivity contribution in [2.75, 3.05) is 26.2 Å². The van der Waals surface area contributed by atoms with Crippen LogP contribution >= 0.6 is 0 Å². The third kappa shape index (κ3) is 4.63. The molecule has 2 aromatic carbocycles. The maximum absolute atomic E-state index is 13.4. The largest absolute Gasteiger partial charge is 0.334 e. The number of benzene rings is 2. The highest BCUT2D eigenvalue weighted by molar-refractivity contribution is 6.08. The summed E-state index contributed by atoms with van der Waals surface area (Å²) in [6.07, 6.45) is 0. The molecule has 5 heteroatoms. The molecule has 0 atom stereocenters. The van der Waals surface area contributed by atoms with Gasteiger partial charge in [-0.25, -0.2) is 4.39 Å². The monoisotopic (exact) mass is 418 g/mol. The molecule has 0 radical (unpaired) electrons. The van der Waals surface area contributed by atoms with E-state index < -0.39 is 0 Å². The number of hydrogen-bond donors (Lipinski definition) is 1. The zero-order valence-corrected chi connectivity index (χ0v) is 18.7. The molecule has 0 saturated heterocycles. The first kappa shape index (κ1) is 21.5. The standard InChI is InChI=1S/C26H31FN4/c1-4-30(5-2)15-14-28-17-22-16-24-23-8-6-7-9-25(23)31(26(24)19(3)29-22)18-20-10-12-21(27)13-11-20/h6-13,16,28H,4-5,14-15,17-18H2,1-3H3. The van der Waals surface area contributed by atoms with E-state index in [0.717, 1.165) is 55.2 Å². The normalized spacial score (nSPS) is 11.8. The molecule has 0 fully saturated rings. The maximum atomic E-state index is 13.4. The van der Waals surface area contributed by atoms with E-state index in [2.05, 4.69) is 65.9 Å². The second-order valence-electron chi connectivity index (χ2n) is 8.03. The minimum Gasteiger partial charge on any atom is -0.334 e. The molecule has 4 rings (SSSR count). The lowest BCUT2D eigenvalue weighted by molar-refractivity contribution is 0.302. The molecule has 0 bridgehead atoms. The molecule has 1 N–H and O–H groups in total. The predicted octanol–water partition coefficient (Wildman–Crippen LogP) is 5.12. The highest BCUT2D eigenvalue weighted by Crippen LogP contribution is 2.31. The molecule has 0 unspecified atom stereocenters. The summed E-state index contributed by atoms with van der Waals surface area (Å²) in [5.41, 5.74) is 5.49. The van der Waals surface area contributed by atoms with Gasteiger partial charge in [0.15, 0.2) is 0 Å². The molecule has 0 amide bonds. The molecule has 0 aliphatic carbocycles. The number of nitrogens with one attached hydrogen (secondary N) is 1. The Morgan fingerprint density at radius 1 is 1.00 bits per heavy atom. The van der Waals surface area contributed by atoms with Gasteiger partial charge in [0.05, 0.1) is 16.9 Å². The molecule has 0 saturated carbocycles. The average Bonchev–Trinajstić information content (AvgIpc) is 3.10. The van der Waals surface area contributed by atoms with Crippen molar-refractivity contribution >= 4 is 21.8 Å². The van der Waals surface area contributed by atoms with Gasteiger partial charge in [-0.1, -0.05) is 44.2 Å². The second kappa shape index (κ2) is 9.58. The zero-order chi connectivity index (χ0) is 21.8. The van der Waals surface area contributed by atoms with E-state index in [1.54, 1.807) is 0 Å². The molecule has 0 spiro atoms. The van der Waals surface area contributed by atoms with Crippen LogP contribution in [0, 0.1) is 12.7 Å². The van der Waals surface area contributed by atoms with Gasteiger partial charge in [0.25, 0.3) is 0 Å². The van der Waals surface area contributed by atoms with Crippen LogP contribution in [-0.2, 0) is 13.1 Å². The quantitative estimate of drug-likeness (QED) is 0.383. The Balaban J connectivity index is 1.65. The third-order valence-corrected chi connectivity index (χ3v) is 6.03. The van der Waals surface area contributed by atoms with Crippen LogP contribution in [0.3, 0.4) is 0 Å². The number of aryl methyl sites for hydroxylation is 1. The van der Waals surface area contributed by atoms with E-state index in [9.17, 15) is 4.39 Å². The summed E-state index contributed by atoms with van der Waals surface area (Å²) in [5.74, 6) is -0.207. The van der Waals surface area contributed by atoms with E-state index in [1.165, 1.54) is 28.4 Å². The smallest absolute Gasteiger partial charge is 0.123 e. The van der Waals surface area contributed by atoms with Crippen molar-refractivity contribution in [1.82, 2.24) is 19.8 Å². The fourth-order valence-corrected chi connectivity index (χ4v) is 4.35. The molecule has 0 aliphatic heterocycles. The minimum absolute atomic E-state index is 0.207. The summed E-state index contributed by atoms with van der Waals surface area (Å²) in [6.45, 7) is 12.1. The van der Waals surface area contributed by atoms with Crippen molar-refractivity contribution in [2.45, 2.75) is 33.9 Å². The highest BCUT2D eigenvalue weighted by atomic mass is 19.1. The van der Waals surface area contributed by atoms with Gasteiger partial charge in [-0.15, -0.1) is 0 Å². The Hall–Kier alpha value is -2.76. The topological polar surface area (TPSA) is 33.1 Å². The number of likely N-dealkylation sites (N-methyl/N-ethyl adjacent to an activating group) is 1. The van der Waals surface area contributed by atoms with Crippen LogP contribution < -0.4 is 5.32 Å². The third-order valence-electron chi connectivity index (χ3n) is 6.03. The fourth-order valence-electron chi connectivity index (χ4n) is 4.35. The lowest BCUT2D eigenvalue weighted by atomic mass is 10.1. The molecule has 31 heavy (non-hydrogen) atoms. The number of nitrogens with zero attached hydrogens (tertiary/aromatic N) is 3. The van der Waals surface area contributed by atoms with E-state index in [-0.39, 0.29) is 5.82 Å². The minimum atomic E-state index is -0.207. The van der Waals surface area contributed by atoms with Crippen molar-refractivity contribution in [3.8, 4) is 0 Å². The van der Waals surface area contributed by atoms with Crippen LogP contribution in [0.2, 0.25) is 0 Å². The number of pyridine rings is 1. The van der Waals surface area contributed by atoms with Gasteiger partial charge in [-0.05, 0) is 49.8 Å². The predicted molar refractivity (Wildman–Crippen MR) is 127 cm³/mol. The Morgan fingerprint density at radius 2 is 1.74 bits per heavy atom. The van der Waals surface area contributed by atoms with Crippen molar-refractivity contribution in [3.63, 3.8) is 0 Å². The Labute approximate surface area is 183 Å². The fraction of sp³-hybridized carbons (Fsp3) is 0.346. The van der Waals surface area contributed by atoms with E-state index in [1.807, 2.05) is 12.1 Å². The first-order chi connectivity index (χ1) is 15.1. The maximum Gasteiger partial charge on any atom is 0.123 e. The van der Waals surface area contributed by atoms with Crippen LogP contribution in [0.5, 0.6) is 0 Å². The molecule has 162 valence electrons. The van der Waals surface area contributed by atoms with Crippen molar-refractivity contribution in [2.24, 2.45) is 0 Å². The molecule has 4 nitrogen and oxygen atoms in total. The Kier molecular flexibility index (Phi) is 6.64. The van der Waals surface area contributed by atoms with E-state index >= 15 is 0 Å². The van der Waals surface area contributed by atoms with Crippen LogP contribution in [0.4, 0.5) is 4.39 Å². The van der Waals surface area contributed by atoms with Gasteiger partial charge in [0.2, 0.25) is 0 Å². The summed E-state index contributed by atoms with van der Waals surface area (Å²) in [5, 5.41) is 6.00. The number of fused-ring (bicyclic) bond motifs is 3. The van der Waals surface area contributed by atoms with Gasteiger partial charge >= 0.3 is 0 Å². The number of aromatic nitrogens is 2. The highest BCUT2D eigenvalue weighted by Gasteiger charge is 2.15. The average molecular weight is 419 g/mol. The van der Waals surface area contributed by atoms with Crippen molar-refractivity contribution < 1.29 is 4.39 Å². The lowest BCUT2D eigenvalue weighted by Crippen LogP contribution is -2.31. The molecular weight excluding hydrogens is 387 g/mol. The first-order valence-electron chi connectivity index (χ1n) is 11.2. The molecule has 2 aromatic heterocycles.